The van der Waals surface area contributed by atoms with Crippen LogP contribution in [0.4, 0.5) is 13.2 Å². The van der Waals surface area contributed by atoms with Crippen molar-refractivity contribution in [3.05, 3.63) is 35.6 Å². The number of rotatable bonds is 2. The Labute approximate surface area is 92.9 Å². The molecule has 0 saturated carbocycles. The Hall–Kier alpha value is -1.03. The zero-order valence-electron chi connectivity index (χ0n) is 8.93. The van der Waals surface area contributed by atoms with E-state index in [1.165, 1.54) is 12.1 Å². The Morgan fingerprint density at radius 2 is 1.62 bits per heavy atom. The molecule has 1 aliphatic rings. The molecule has 1 heterocycles. The first kappa shape index (κ1) is 11.5. The third kappa shape index (κ3) is 2.98. The molecule has 16 heavy (non-hydrogen) atoms. The molecule has 1 saturated heterocycles. The third-order valence-electron chi connectivity index (χ3n) is 2.91. The fourth-order valence-corrected chi connectivity index (χ4v) is 1.89. The second-order valence-electron chi connectivity index (χ2n) is 4.26. The van der Waals surface area contributed by atoms with Gasteiger partial charge in [-0.05, 0) is 17.7 Å². The van der Waals surface area contributed by atoms with Gasteiger partial charge in [0.1, 0.15) is 5.82 Å². The topological polar surface area (TPSA) is 3.24 Å². The molecule has 4 heteroatoms. The molecule has 1 aromatic rings. The van der Waals surface area contributed by atoms with Crippen LogP contribution in [0.1, 0.15) is 18.4 Å². The van der Waals surface area contributed by atoms with E-state index in [0.29, 0.717) is 19.6 Å². The monoisotopic (exact) mass is 229 g/mol. The van der Waals surface area contributed by atoms with Crippen LogP contribution in [0.15, 0.2) is 24.3 Å². The summed E-state index contributed by atoms with van der Waals surface area (Å²) in [6.07, 6.45) is -0.150. The summed E-state index contributed by atoms with van der Waals surface area (Å²) in [4.78, 5) is 1.98. The van der Waals surface area contributed by atoms with Crippen LogP contribution in [0.2, 0.25) is 0 Å². The van der Waals surface area contributed by atoms with Crippen LogP contribution < -0.4 is 0 Å². The molecule has 0 aliphatic carbocycles. The maximum absolute atomic E-state index is 12.9. The fraction of sp³-hybridized carbons (Fsp3) is 0.500. The van der Waals surface area contributed by atoms with E-state index in [1.807, 2.05) is 4.90 Å². The van der Waals surface area contributed by atoms with E-state index < -0.39 is 5.92 Å². The normalized spacial score (nSPS) is 20.9. The van der Waals surface area contributed by atoms with E-state index in [4.69, 9.17) is 0 Å². The van der Waals surface area contributed by atoms with E-state index in [9.17, 15) is 13.2 Å². The lowest BCUT2D eigenvalue weighted by molar-refractivity contribution is -0.0566. The van der Waals surface area contributed by atoms with Gasteiger partial charge in [0.2, 0.25) is 0 Å². The summed E-state index contributed by atoms with van der Waals surface area (Å²) in [5.41, 5.74) is 0.964. The van der Waals surface area contributed by atoms with Crippen molar-refractivity contribution in [1.29, 1.82) is 0 Å². The highest BCUT2D eigenvalue weighted by Gasteiger charge is 2.33. The van der Waals surface area contributed by atoms with Crippen molar-refractivity contribution in [3.8, 4) is 0 Å². The van der Waals surface area contributed by atoms with Crippen molar-refractivity contribution < 1.29 is 13.2 Å². The SMILES string of the molecule is Fc1ccc(CN2CCC(F)(F)CC2)cc1. The molecular weight excluding hydrogens is 215 g/mol. The van der Waals surface area contributed by atoms with E-state index in [-0.39, 0.29) is 18.7 Å². The molecule has 0 radical (unpaired) electrons. The van der Waals surface area contributed by atoms with Crippen LogP contribution >= 0.6 is 0 Å². The lowest BCUT2D eigenvalue weighted by Crippen LogP contribution is -2.38. The third-order valence-corrected chi connectivity index (χ3v) is 2.91. The predicted octanol–water partition coefficient (Wildman–Crippen LogP) is 3.06. The maximum Gasteiger partial charge on any atom is 0.250 e. The Morgan fingerprint density at radius 1 is 1.06 bits per heavy atom. The molecular formula is C12H14F3N. The number of hydrogen-bond acceptors (Lipinski definition) is 1. The van der Waals surface area contributed by atoms with Crippen LogP contribution in [0.3, 0.4) is 0 Å². The minimum absolute atomic E-state index is 0.0752. The smallest absolute Gasteiger partial charge is 0.250 e. The molecule has 0 amide bonds. The summed E-state index contributed by atoms with van der Waals surface area (Å²) in [6.45, 7) is 1.44. The first-order valence-corrected chi connectivity index (χ1v) is 5.40. The molecule has 0 atom stereocenters. The first-order valence-electron chi connectivity index (χ1n) is 5.40. The van der Waals surface area contributed by atoms with Crippen molar-refractivity contribution in [2.24, 2.45) is 0 Å². The van der Waals surface area contributed by atoms with Crippen LogP contribution in [0.5, 0.6) is 0 Å². The van der Waals surface area contributed by atoms with Crippen molar-refractivity contribution in [2.45, 2.75) is 25.3 Å². The molecule has 1 fully saturated rings. The Morgan fingerprint density at radius 3 is 2.19 bits per heavy atom. The maximum atomic E-state index is 12.9. The summed E-state index contributed by atoms with van der Waals surface area (Å²) in [6, 6.07) is 6.19. The quantitative estimate of drug-likeness (QED) is 0.753. The molecule has 1 aromatic carbocycles. The van der Waals surface area contributed by atoms with Gasteiger partial charge in [-0.3, -0.25) is 4.90 Å². The number of piperidine rings is 1. The fourth-order valence-electron chi connectivity index (χ4n) is 1.89. The van der Waals surface area contributed by atoms with Gasteiger partial charge >= 0.3 is 0 Å². The van der Waals surface area contributed by atoms with Crippen molar-refractivity contribution in [1.82, 2.24) is 4.90 Å². The van der Waals surface area contributed by atoms with E-state index in [1.54, 1.807) is 12.1 Å². The van der Waals surface area contributed by atoms with Gasteiger partial charge in [0.15, 0.2) is 0 Å². The van der Waals surface area contributed by atoms with Crippen molar-refractivity contribution >= 4 is 0 Å². The summed E-state index contributed by atoms with van der Waals surface area (Å²) in [7, 11) is 0. The van der Waals surface area contributed by atoms with Gasteiger partial charge in [0, 0.05) is 32.5 Å². The molecule has 1 aliphatic heterocycles. The van der Waals surface area contributed by atoms with Crippen LogP contribution in [0, 0.1) is 5.82 Å². The second-order valence-corrected chi connectivity index (χ2v) is 4.26. The van der Waals surface area contributed by atoms with Crippen LogP contribution in [-0.2, 0) is 6.54 Å². The zero-order valence-corrected chi connectivity index (χ0v) is 8.93. The average Bonchev–Trinajstić information content (AvgIpc) is 2.24. The summed E-state index contributed by atoms with van der Waals surface area (Å²) in [5, 5.41) is 0. The molecule has 0 aromatic heterocycles. The van der Waals surface area contributed by atoms with Gasteiger partial charge in [0.05, 0.1) is 0 Å². The molecule has 0 spiro atoms. The standard InChI is InChI=1S/C12H14F3N/c13-11-3-1-10(2-4-11)9-16-7-5-12(14,15)6-8-16/h1-4H,5-9H2. The Kier molecular flexibility index (Phi) is 3.19. The summed E-state index contributed by atoms with van der Waals surface area (Å²) < 4.78 is 38.4. The Bertz CT molecular complexity index is 338. The predicted molar refractivity (Wildman–Crippen MR) is 55.9 cm³/mol. The molecule has 88 valence electrons. The minimum Gasteiger partial charge on any atom is -0.299 e. The van der Waals surface area contributed by atoms with Crippen molar-refractivity contribution in [2.75, 3.05) is 13.1 Å². The van der Waals surface area contributed by atoms with Gasteiger partial charge in [-0.25, -0.2) is 13.2 Å². The first-order chi connectivity index (χ1) is 7.55. The lowest BCUT2D eigenvalue weighted by Gasteiger charge is -2.31. The molecule has 0 unspecified atom stereocenters. The number of likely N-dealkylation sites (tertiary alicyclic amines) is 1. The summed E-state index contributed by atoms with van der Waals surface area (Å²) >= 11 is 0. The molecule has 1 nitrogen and oxygen atoms in total. The largest absolute Gasteiger partial charge is 0.299 e. The molecule has 0 bridgehead atoms. The average molecular weight is 229 g/mol. The van der Waals surface area contributed by atoms with Gasteiger partial charge in [-0.2, -0.15) is 0 Å². The van der Waals surface area contributed by atoms with Crippen LogP contribution in [0.25, 0.3) is 0 Å². The highest BCUT2D eigenvalue weighted by Crippen LogP contribution is 2.28. The second kappa shape index (κ2) is 4.45. The number of benzene rings is 1. The number of alkyl halides is 2. The van der Waals surface area contributed by atoms with Gasteiger partial charge in [-0.15, -0.1) is 0 Å². The van der Waals surface area contributed by atoms with E-state index in [0.717, 1.165) is 5.56 Å². The van der Waals surface area contributed by atoms with Gasteiger partial charge in [-0.1, -0.05) is 12.1 Å². The highest BCUT2D eigenvalue weighted by atomic mass is 19.3. The van der Waals surface area contributed by atoms with E-state index >= 15 is 0 Å². The number of hydrogen-bond donors (Lipinski definition) is 0. The van der Waals surface area contributed by atoms with Crippen molar-refractivity contribution in [3.63, 3.8) is 0 Å². The lowest BCUT2D eigenvalue weighted by atomic mass is 10.1. The van der Waals surface area contributed by atoms with Gasteiger partial charge < -0.3 is 0 Å². The van der Waals surface area contributed by atoms with E-state index in [2.05, 4.69) is 0 Å². The molecule has 2 rings (SSSR count). The highest BCUT2D eigenvalue weighted by molar-refractivity contribution is 5.15. The Balaban J connectivity index is 1.89. The summed E-state index contributed by atoms with van der Waals surface area (Å²) in [5.74, 6) is -2.77. The molecule has 0 N–H and O–H groups in total. The minimum atomic E-state index is -2.50. The zero-order chi connectivity index (χ0) is 11.6. The van der Waals surface area contributed by atoms with Gasteiger partial charge in [0.25, 0.3) is 5.92 Å². The number of nitrogens with zero attached hydrogens (tertiary/aromatic N) is 1. The van der Waals surface area contributed by atoms with Crippen LogP contribution in [-0.4, -0.2) is 23.9 Å². The number of halogens is 3.